The average molecular weight is 1100 g/mol. The van der Waals surface area contributed by atoms with Crippen LogP contribution >= 0.6 is 0 Å². The van der Waals surface area contributed by atoms with Gasteiger partial charge in [0, 0.05) is 19.3 Å². The molecule has 0 bridgehead atoms. The highest BCUT2D eigenvalue weighted by Gasteiger charge is 2.19. The van der Waals surface area contributed by atoms with Crippen molar-refractivity contribution in [2.45, 2.75) is 393 Å². The van der Waals surface area contributed by atoms with Gasteiger partial charge in [-0.15, -0.1) is 0 Å². The first-order valence-corrected chi connectivity index (χ1v) is 35.0. The van der Waals surface area contributed by atoms with Crippen LogP contribution in [0.2, 0.25) is 0 Å². The Kier molecular flexibility index (Phi) is 65.1. The topological polar surface area (TPSA) is 78.9 Å². The standard InChI is InChI=1S/C72H134O6/c1-4-7-10-13-16-19-22-25-27-29-31-32-33-34-35-36-37-38-39-40-41-43-44-47-50-53-56-59-62-65-71(74)77-68-69(67-76-70(73)64-61-58-55-52-49-46-24-21-18-15-12-9-6-3)78-72(75)66-63-60-57-54-51-48-45-42-30-28-26-23-20-17-14-11-8-5-2/h21,24,28-31,69H,4-20,22-23,25-27,32-68H2,1-3H3/b24-21-,30-28-,31-29-. The largest absolute Gasteiger partial charge is 0.462 e. The van der Waals surface area contributed by atoms with Gasteiger partial charge in [0.2, 0.25) is 0 Å². The molecule has 6 heteroatoms. The van der Waals surface area contributed by atoms with E-state index in [1.807, 2.05) is 0 Å². The number of carbonyl (C=O) groups excluding carboxylic acids is 3. The number of hydrogen-bond donors (Lipinski definition) is 0. The van der Waals surface area contributed by atoms with Crippen LogP contribution in [0.25, 0.3) is 0 Å². The molecular weight excluding hydrogens is 961 g/mol. The van der Waals surface area contributed by atoms with E-state index in [0.717, 1.165) is 64.2 Å². The maximum Gasteiger partial charge on any atom is 0.306 e. The Hall–Kier alpha value is -2.37. The van der Waals surface area contributed by atoms with Crippen molar-refractivity contribution in [3.8, 4) is 0 Å². The molecule has 0 saturated carbocycles. The van der Waals surface area contributed by atoms with E-state index in [1.54, 1.807) is 0 Å². The first-order chi connectivity index (χ1) is 38.5. The van der Waals surface area contributed by atoms with E-state index >= 15 is 0 Å². The maximum absolute atomic E-state index is 12.9. The van der Waals surface area contributed by atoms with Crippen LogP contribution in [0.1, 0.15) is 387 Å². The normalized spacial score (nSPS) is 12.2. The molecule has 0 N–H and O–H groups in total. The zero-order valence-corrected chi connectivity index (χ0v) is 52.7. The van der Waals surface area contributed by atoms with Gasteiger partial charge in [0.25, 0.3) is 0 Å². The van der Waals surface area contributed by atoms with Gasteiger partial charge in [-0.3, -0.25) is 14.4 Å². The summed E-state index contributed by atoms with van der Waals surface area (Å²) in [6.07, 6.45) is 83.2. The summed E-state index contributed by atoms with van der Waals surface area (Å²) in [5.74, 6) is -0.861. The molecule has 1 atom stereocenters. The predicted molar refractivity (Wildman–Crippen MR) is 339 cm³/mol. The third-order valence-corrected chi connectivity index (χ3v) is 15.8. The number of esters is 3. The predicted octanol–water partition coefficient (Wildman–Crippen LogP) is 23.9. The van der Waals surface area contributed by atoms with Gasteiger partial charge >= 0.3 is 17.9 Å². The molecule has 458 valence electrons. The van der Waals surface area contributed by atoms with Crippen LogP contribution in [0, 0.1) is 0 Å². The smallest absolute Gasteiger partial charge is 0.306 e. The molecule has 0 aromatic rings. The van der Waals surface area contributed by atoms with Crippen molar-refractivity contribution in [1.82, 2.24) is 0 Å². The van der Waals surface area contributed by atoms with E-state index in [2.05, 4.69) is 57.2 Å². The van der Waals surface area contributed by atoms with Crippen LogP contribution in [0.4, 0.5) is 0 Å². The van der Waals surface area contributed by atoms with Crippen molar-refractivity contribution in [2.24, 2.45) is 0 Å². The van der Waals surface area contributed by atoms with Crippen LogP contribution < -0.4 is 0 Å². The second-order valence-electron chi connectivity index (χ2n) is 23.8. The number of unbranched alkanes of at least 4 members (excludes halogenated alkanes) is 48. The summed E-state index contributed by atoms with van der Waals surface area (Å²) in [4.78, 5) is 38.4. The average Bonchev–Trinajstić information content (AvgIpc) is 3.44. The monoisotopic (exact) mass is 1100 g/mol. The van der Waals surface area contributed by atoms with Gasteiger partial charge in [-0.1, -0.05) is 308 Å². The Morgan fingerprint density at radius 1 is 0.244 bits per heavy atom. The summed E-state index contributed by atoms with van der Waals surface area (Å²) in [5.41, 5.74) is 0. The third kappa shape index (κ3) is 64.5. The highest BCUT2D eigenvalue weighted by molar-refractivity contribution is 5.71. The molecule has 78 heavy (non-hydrogen) atoms. The van der Waals surface area contributed by atoms with Crippen molar-refractivity contribution >= 4 is 17.9 Å². The highest BCUT2D eigenvalue weighted by Crippen LogP contribution is 2.18. The molecule has 0 aromatic carbocycles. The summed E-state index contributed by atoms with van der Waals surface area (Å²) in [7, 11) is 0. The molecule has 1 unspecified atom stereocenters. The number of allylic oxidation sites excluding steroid dienone is 6. The van der Waals surface area contributed by atoms with E-state index in [1.165, 1.54) is 283 Å². The fraction of sp³-hybridized carbons (Fsp3) is 0.875. The molecule has 0 rings (SSSR count). The van der Waals surface area contributed by atoms with E-state index in [9.17, 15) is 14.4 Å². The number of hydrogen-bond acceptors (Lipinski definition) is 6. The second kappa shape index (κ2) is 67.1. The van der Waals surface area contributed by atoms with Crippen LogP contribution in [0.15, 0.2) is 36.5 Å². The minimum atomic E-state index is -0.776. The first-order valence-electron chi connectivity index (χ1n) is 35.0. The molecule has 0 aliphatic rings. The summed E-state index contributed by atoms with van der Waals surface area (Å²) in [6, 6.07) is 0. The third-order valence-electron chi connectivity index (χ3n) is 15.8. The van der Waals surface area contributed by atoms with Gasteiger partial charge in [-0.2, -0.15) is 0 Å². The quantitative estimate of drug-likeness (QED) is 0.0261. The first kappa shape index (κ1) is 75.6. The van der Waals surface area contributed by atoms with E-state index < -0.39 is 6.10 Å². The molecule has 0 radical (unpaired) electrons. The molecule has 0 fully saturated rings. The molecule has 0 spiro atoms. The van der Waals surface area contributed by atoms with Gasteiger partial charge in [-0.05, 0) is 96.3 Å². The molecule has 0 aliphatic heterocycles. The summed E-state index contributed by atoms with van der Waals surface area (Å²) < 4.78 is 17.0. The fourth-order valence-corrected chi connectivity index (χ4v) is 10.5. The summed E-state index contributed by atoms with van der Waals surface area (Å²) >= 11 is 0. The van der Waals surface area contributed by atoms with Gasteiger partial charge in [0.1, 0.15) is 13.2 Å². The lowest BCUT2D eigenvalue weighted by molar-refractivity contribution is -0.167. The van der Waals surface area contributed by atoms with Crippen LogP contribution in [-0.4, -0.2) is 37.2 Å². The SMILES string of the molecule is CCCCCC/C=C\CCCCCCCC(=O)OCC(COC(=O)CCCCCCCCCCCCCCCCCCC/C=C\CCCCCCCCCC)OC(=O)CCCCCCCCC/C=C\CCCCCCCCC. The number of ether oxygens (including phenoxy) is 3. The van der Waals surface area contributed by atoms with Crippen molar-refractivity contribution in [2.75, 3.05) is 13.2 Å². The molecule has 0 heterocycles. The molecule has 0 aliphatic carbocycles. The maximum atomic E-state index is 12.9. The van der Waals surface area contributed by atoms with Crippen molar-refractivity contribution in [3.63, 3.8) is 0 Å². The van der Waals surface area contributed by atoms with Crippen molar-refractivity contribution < 1.29 is 28.6 Å². The molecule has 0 amide bonds. The van der Waals surface area contributed by atoms with Crippen LogP contribution in [0.3, 0.4) is 0 Å². The Labute approximate surface area is 486 Å². The van der Waals surface area contributed by atoms with Gasteiger partial charge in [0.05, 0.1) is 0 Å². The van der Waals surface area contributed by atoms with Crippen LogP contribution in [0.5, 0.6) is 0 Å². The Morgan fingerprint density at radius 2 is 0.423 bits per heavy atom. The van der Waals surface area contributed by atoms with E-state index in [-0.39, 0.29) is 31.1 Å². The highest BCUT2D eigenvalue weighted by atomic mass is 16.6. The molecular formula is C72H134O6. The fourth-order valence-electron chi connectivity index (χ4n) is 10.5. The lowest BCUT2D eigenvalue weighted by Crippen LogP contribution is -2.30. The van der Waals surface area contributed by atoms with Crippen molar-refractivity contribution in [3.05, 3.63) is 36.5 Å². The summed E-state index contributed by atoms with van der Waals surface area (Å²) in [6.45, 7) is 6.68. The van der Waals surface area contributed by atoms with E-state index in [4.69, 9.17) is 14.2 Å². The second-order valence-corrected chi connectivity index (χ2v) is 23.8. The van der Waals surface area contributed by atoms with Crippen molar-refractivity contribution in [1.29, 1.82) is 0 Å². The lowest BCUT2D eigenvalue weighted by atomic mass is 10.0. The summed E-state index contributed by atoms with van der Waals surface area (Å²) in [5, 5.41) is 0. The minimum Gasteiger partial charge on any atom is -0.462 e. The number of rotatable bonds is 65. The molecule has 0 aromatic heterocycles. The lowest BCUT2D eigenvalue weighted by Gasteiger charge is -2.18. The molecule has 6 nitrogen and oxygen atoms in total. The zero-order chi connectivity index (χ0) is 56.4. The Bertz CT molecular complexity index is 1300. The zero-order valence-electron chi connectivity index (χ0n) is 52.7. The van der Waals surface area contributed by atoms with Gasteiger partial charge in [0.15, 0.2) is 6.10 Å². The number of carbonyl (C=O) groups is 3. The van der Waals surface area contributed by atoms with Gasteiger partial charge in [-0.25, -0.2) is 0 Å². The van der Waals surface area contributed by atoms with Gasteiger partial charge < -0.3 is 14.2 Å². The van der Waals surface area contributed by atoms with Crippen LogP contribution in [-0.2, 0) is 28.6 Å². The molecule has 0 saturated heterocycles. The Balaban J connectivity index is 4.18. The minimum absolute atomic E-state index is 0.0723. The Morgan fingerprint density at radius 3 is 0.654 bits per heavy atom. The van der Waals surface area contributed by atoms with E-state index in [0.29, 0.717) is 19.3 Å².